The third-order valence-corrected chi connectivity index (χ3v) is 5.25. The Labute approximate surface area is 191 Å². The van der Waals surface area contributed by atoms with Crippen LogP contribution in [0.1, 0.15) is 34.6 Å². The molecule has 0 unspecified atom stereocenters. The van der Waals surface area contributed by atoms with E-state index in [4.69, 9.17) is 0 Å². The van der Waals surface area contributed by atoms with Crippen molar-refractivity contribution in [3.05, 3.63) is 47.4 Å². The Morgan fingerprint density at radius 3 is 2.58 bits per heavy atom. The SMILES string of the molecule is COC(=O)Nc1cc(Nc2nc(Nc3cc(C)[nH]n3)cnc2C(=O)N2CCCC2)ccc1C. The molecule has 0 saturated carbocycles. The lowest BCUT2D eigenvalue weighted by Crippen LogP contribution is -2.29. The number of ether oxygens (including phenoxy) is 1. The third kappa shape index (κ3) is 5.20. The van der Waals surface area contributed by atoms with E-state index in [0.29, 0.717) is 41.9 Å². The quantitative estimate of drug-likeness (QED) is 0.446. The van der Waals surface area contributed by atoms with E-state index in [9.17, 15) is 9.59 Å². The summed E-state index contributed by atoms with van der Waals surface area (Å²) in [6, 6.07) is 7.26. The Bertz CT molecular complexity index is 1170. The molecule has 3 heterocycles. The lowest BCUT2D eigenvalue weighted by Gasteiger charge is -2.18. The largest absolute Gasteiger partial charge is 0.453 e. The number of carbonyl (C=O) groups excluding carboxylic acids is 2. The molecule has 0 bridgehead atoms. The molecule has 3 aromatic rings. The minimum Gasteiger partial charge on any atom is -0.453 e. The van der Waals surface area contributed by atoms with E-state index < -0.39 is 6.09 Å². The topological polar surface area (TPSA) is 137 Å². The first-order valence-corrected chi connectivity index (χ1v) is 10.6. The molecule has 11 heteroatoms. The maximum absolute atomic E-state index is 13.1. The molecule has 4 N–H and O–H groups in total. The Morgan fingerprint density at radius 1 is 1.09 bits per heavy atom. The van der Waals surface area contributed by atoms with Crippen LogP contribution >= 0.6 is 0 Å². The van der Waals surface area contributed by atoms with Gasteiger partial charge in [-0.2, -0.15) is 5.10 Å². The first-order chi connectivity index (χ1) is 15.9. The van der Waals surface area contributed by atoms with Crippen LogP contribution in [0.2, 0.25) is 0 Å². The van der Waals surface area contributed by atoms with E-state index in [1.54, 1.807) is 11.0 Å². The van der Waals surface area contributed by atoms with Gasteiger partial charge in [0.1, 0.15) is 0 Å². The molecule has 0 radical (unpaired) electrons. The van der Waals surface area contributed by atoms with E-state index in [-0.39, 0.29) is 11.6 Å². The highest BCUT2D eigenvalue weighted by Gasteiger charge is 2.25. The Balaban J connectivity index is 1.66. The first-order valence-electron chi connectivity index (χ1n) is 10.6. The van der Waals surface area contributed by atoms with Crippen LogP contribution in [0.15, 0.2) is 30.5 Å². The van der Waals surface area contributed by atoms with Crippen molar-refractivity contribution in [3.63, 3.8) is 0 Å². The fourth-order valence-electron chi connectivity index (χ4n) is 3.51. The Morgan fingerprint density at radius 2 is 1.88 bits per heavy atom. The van der Waals surface area contributed by atoms with Gasteiger partial charge in [-0.25, -0.2) is 14.8 Å². The molecule has 0 aliphatic carbocycles. The summed E-state index contributed by atoms with van der Waals surface area (Å²) >= 11 is 0. The van der Waals surface area contributed by atoms with Crippen molar-refractivity contribution in [2.45, 2.75) is 26.7 Å². The molecule has 1 saturated heterocycles. The number of aromatic nitrogens is 4. The van der Waals surface area contributed by atoms with Gasteiger partial charge in [0.15, 0.2) is 23.1 Å². The summed E-state index contributed by atoms with van der Waals surface area (Å²) in [5.74, 6) is 1.15. The molecular weight excluding hydrogens is 424 g/mol. The van der Waals surface area contributed by atoms with Gasteiger partial charge in [-0.3, -0.25) is 15.2 Å². The normalized spacial score (nSPS) is 13.0. The molecule has 2 amide bonds. The molecule has 11 nitrogen and oxygen atoms in total. The van der Waals surface area contributed by atoms with Crippen LogP contribution in [0, 0.1) is 13.8 Å². The molecule has 1 fully saturated rings. The zero-order valence-electron chi connectivity index (χ0n) is 18.7. The van der Waals surface area contributed by atoms with Crippen molar-refractivity contribution in [3.8, 4) is 0 Å². The standard InChI is InChI=1S/C22H26N8O3/c1-13-6-7-15(11-16(13)25-22(32)33-3)24-20-19(21(31)30-8-4-5-9-30)23-12-18(27-20)26-17-10-14(2)28-29-17/h6-7,10-12H,4-5,8-9H2,1-3H3,(H,25,32)(H3,24,26,27,28,29). The monoisotopic (exact) mass is 450 g/mol. The maximum atomic E-state index is 13.1. The second-order valence-electron chi connectivity index (χ2n) is 7.78. The summed E-state index contributed by atoms with van der Waals surface area (Å²) in [7, 11) is 1.30. The van der Waals surface area contributed by atoms with Crippen LogP contribution in [-0.4, -0.2) is 57.3 Å². The number of carbonyl (C=O) groups is 2. The highest BCUT2D eigenvalue weighted by molar-refractivity contribution is 5.98. The average molecular weight is 451 g/mol. The van der Waals surface area contributed by atoms with E-state index in [2.05, 4.69) is 40.9 Å². The average Bonchev–Trinajstić information content (AvgIpc) is 3.48. The number of rotatable bonds is 6. The number of likely N-dealkylation sites (tertiary alicyclic amines) is 1. The van der Waals surface area contributed by atoms with E-state index in [1.165, 1.54) is 13.3 Å². The Hall–Kier alpha value is -4.15. The van der Waals surface area contributed by atoms with Crippen molar-refractivity contribution in [1.29, 1.82) is 0 Å². The predicted molar refractivity (Wildman–Crippen MR) is 124 cm³/mol. The van der Waals surface area contributed by atoms with Crippen LogP contribution in [0.4, 0.5) is 33.6 Å². The minimum atomic E-state index is -0.569. The molecule has 2 aromatic heterocycles. The molecule has 1 aliphatic heterocycles. The number of amides is 2. The second-order valence-corrected chi connectivity index (χ2v) is 7.78. The lowest BCUT2D eigenvalue weighted by molar-refractivity contribution is 0.0787. The van der Waals surface area contributed by atoms with E-state index >= 15 is 0 Å². The van der Waals surface area contributed by atoms with Crippen molar-refractivity contribution >= 4 is 40.8 Å². The number of anilines is 5. The predicted octanol–water partition coefficient (Wildman–Crippen LogP) is 3.72. The van der Waals surface area contributed by atoms with E-state index in [1.807, 2.05) is 32.0 Å². The third-order valence-electron chi connectivity index (χ3n) is 5.25. The van der Waals surface area contributed by atoms with Crippen LogP contribution in [0.3, 0.4) is 0 Å². The number of H-pyrrole nitrogens is 1. The van der Waals surface area contributed by atoms with Crippen LogP contribution in [0.5, 0.6) is 0 Å². The van der Waals surface area contributed by atoms with Crippen molar-refractivity contribution in [1.82, 2.24) is 25.1 Å². The van der Waals surface area contributed by atoms with Gasteiger partial charge in [0, 0.05) is 36.2 Å². The number of hydrogen-bond acceptors (Lipinski definition) is 8. The van der Waals surface area contributed by atoms with Crippen LogP contribution in [0.25, 0.3) is 0 Å². The number of benzene rings is 1. The van der Waals surface area contributed by atoms with Gasteiger partial charge in [0.25, 0.3) is 5.91 Å². The highest BCUT2D eigenvalue weighted by atomic mass is 16.5. The summed E-state index contributed by atoms with van der Waals surface area (Å²) in [6.07, 6.45) is 2.89. The van der Waals surface area contributed by atoms with Gasteiger partial charge in [0.05, 0.1) is 13.3 Å². The molecule has 0 atom stereocenters. The number of aromatic amines is 1. The van der Waals surface area contributed by atoms with Crippen LogP contribution < -0.4 is 16.0 Å². The second kappa shape index (κ2) is 9.55. The summed E-state index contributed by atoms with van der Waals surface area (Å²) in [6.45, 7) is 5.16. The number of hydrogen-bond donors (Lipinski definition) is 4. The Kier molecular flexibility index (Phi) is 6.38. The van der Waals surface area contributed by atoms with Gasteiger partial charge < -0.3 is 20.3 Å². The molecular formula is C22H26N8O3. The molecule has 1 aromatic carbocycles. The highest BCUT2D eigenvalue weighted by Crippen LogP contribution is 2.26. The van der Waals surface area contributed by atoms with Gasteiger partial charge in [-0.1, -0.05) is 6.07 Å². The maximum Gasteiger partial charge on any atom is 0.411 e. The first kappa shape index (κ1) is 22.1. The minimum absolute atomic E-state index is 0.176. The fourth-order valence-corrected chi connectivity index (χ4v) is 3.51. The summed E-state index contributed by atoms with van der Waals surface area (Å²) in [4.78, 5) is 35.6. The molecule has 0 spiro atoms. The molecule has 172 valence electrons. The number of aryl methyl sites for hydroxylation is 2. The lowest BCUT2D eigenvalue weighted by atomic mass is 10.1. The van der Waals surface area contributed by atoms with Crippen molar-refractivity contribution in [2.24, 2.45) is 0 Å². The zero-order valence-corrected chi connectivity index (χ0v) is 18.7. The van der Waals surface area contributed by atoms with Crippen LogP contribution in [-0.2, 0) is 4.74 Å². The number of methoxy groups -OCH3 is 1. The van der Waals surface area contributed by atoms with Crippen molar-refractivity contribution < 1.29 is 14.3 Å². The smallest absolute Gasteiger partial charge is 0.411 e. The zero-order chi connectivity index (χ0) is 23.4. The van der Waals surface area contributed by atoms with Gasteiger partial charge in [-0.05, 0) is 44.4 Å². The van der Waals surface area contributed by atoms with Gasteiger partial charge >= 0.3 is 6.09 Å². The van der Waals surface area contributed by atoms with E-state index in [0.717, 1.165) is 24.1 Å². The van der Waals surface area contributed by atoms with Crippen molar-refractivity contribution in [2.75, 3.05) is 36.1 Å². The summed E-state index contributed by atoms with van der Waals surface area (Å²) in [5.41, 5.74) is 3.19. The summed E-state index contributed by atoms with van der Waals surface area (Å²) in [5, 5.41) is 16.0. The molecule has 33 heavy (non-hydrogen) atoms. The molecule has 4 rings (SSSR count). The van der Waals surface area contributed by atoms with Gasteiger partial charge in [0.2, 0.25) is 0 Å². The number of nitrogens with one attached hydrogen (secondary N) is 4. The molecule has 1 aliphatic rings. The summed E-state index contributed by atoms with van der Waals surface area (Å²) < 4.78 is 4.69. The fraction of sp³-hybridized carbons (Fsp3) is 0.318. The van der Waals surface area contributed by atoms with Gasteiger partial charge in [-0.15, -0.1) is 0 Å². The number of nitrogens with zero attached hydrogens (tertiary/aromatic N) is 4.